The first kappa shape index (κ1) is 19.5. The molecule has 3 aromatic rings. The fourth-order valence-electron chi connectivity index (χ4n) is 3.32. The van der Waals surface area contributed by atoms with Crippen LogP contribution in [-0.2, 0) is 0 Å². The minimum atomic E-state index is -2.85. The van der Waals surface area contributed by atoms with Crippen LogP contribution >= 0.6 is 11.3 Å². The number of pyridine rings is 1. The fourth-order valence-corrected chi connectivity index (χ4v) is 4.30. The topological polar surface area (TPSA) is 54.5 Å². The predicted octanol–water partition coefficient (Wildman–Crippen LogP) is 4.20. The number of thiophene rings is 1. The third kappa shape index (κ3) is 4.60. The van der Waals surface area contributed by atoms with E-state index in [2.05, 4.69) is 15.0 Å². The summed E-state index contributed by atoms with van der Waals surface area (Å²) >= 11 is 1.39. The minimum Gasteiger partial charge on any atom is -0.435 e. The van der Waals surface area contributed by atoms with Gasteiger partial charge in [-0.25, -0.2) is 0 Å². The third-order valence-corrected chi connectivity index (χ3v) is 5.87. The smallest absolute Gasteiger partial charge is 0.387 e. The fraction of sp³-hybridized carbons (Fsp3) is 0.238. The molecule has 0 spiro atoms. The van der Waals surface area contributed by atoms with E-state index >= 15 is 0 Å². The van der Waals surface area contributed by atoms with Crippen molar-refractivity contribution in [1.82, 2.24) is 15.2 Å². The van der Waals surface area contributed by atoms with Gasteiger partial charge >= 0.3 is 6.61 Å². The van der Waals surface area contributed by atoms with Gasteiger partial charge < -0.3 is 15.0 Å². The highest BCUT2D eigenvalue weighted by atomic mass is 32.1. The molecule has 1 unspecified atom stereocenters. The molecule has 4 rings (SSSR count). The molecule has 1 aliphatic rings. The lowest BCUT2D eigenvalue weighted by Crippen LogP contribution is -2.48. The minimum absolute atomic E-state index is 0.000500. The number of benzene rings is 1. The molecule has 8 heteroatoms. The van der Waals surface area contributed by atoms with E-state index in [9.17, 15) is 13.6 Å². The zero-order valence-electron chi connectivity index (χ0n) is 15.4. The van der Waals surface area contributed by atoms with Crippen LogP contribution in [0.2, 0.25) is 0 Å². The van der Waals surface area contributed by atoms with E-state index in [1.54, 1.807) is 24.5 Å². The summed E-state index contributed by atoms with van der Waals surface area (Å²) in [4.78, 5) is 20.4. The number of ether oxygens (including phenoxy) is 1. The van der Waals surface area contributed by atoms with Gasteiger partial charge in [0.2, 0.25) is 0 Å². The van der Waals surface area contributed by atoms with Crippen LogP contribution in [0.25, 0.3) is 10.4 Å². The standard InChI is InChI=1S/C21H19F2N3O2S/c22-21(23)28-16-3-1-15(2-4-16)18-5-6-19(29-18)20(27)26-12-11-25-17(13-26)14-7-9-24-10-8-14/h1-10,17,21,25H,11-13H2. The second-order valence-electron chi connectivity index (χ2n) is 6.61. The number of hydrogen-bond acceptors (Lipinski definition) is 5. The lowest BCUT2D eigenvalue weighted by Gasteiger charge is -2.33. The summed E-state index contributed by atoms with van der Waals surface area (Å²) in [7, 11) is 0. The Morgan fingerprint density at radius 3 is 2.62 bits per heavy atom. The van der Waals surface area contributed by atoms with Crippen molar-refractivity contribution in [3.8, 4) is 16.2 Å². The van der Waals surface area contributed by atoms with E-state index in [1.807, 2.05) is 29.2 Å². The summed E-state index contributed by atoms with van der Waals surface area (Å²) < 4.78 is 28.9. The van der Waals surface area contributed by atoms with Crippen molar-refractivity contribution in [2.45, 2.75) is 12.7 Å². The van der Waals surface area contributed by atoms with Gasteiger partial charge in [0.1, 0.15) is 5.75 Å². The molecular formula is C21H19F2N3O2S. The van der Waals surface area contributed by atoms with Crippen molar-refractivity contribution in [2.24, 2.45) is 0 Å². The molecule has 1 saturated heterocycles. The number of piperazine rings is 1. The van der Waals surface area contributed by atoms with E-state index in [1.165, 1.54) is 23.5 Å². The monoisotopic (exact) mass is 415 g/mol. The molecule has 150 valence electrons. The lowest BCUT2D eigenvalue weighted by atomic mass is 10.1. The number of amides is 1. The molecular weight excluding hydrogens is 396 g/mol. The molecule has 3 heterocycles. The number of nitrogens with zero attached hydrogens (tertiary/aromatic N) is 2. The Kier molecular flexibility index (Phi) is 5.82. The maximum Gasteiger partial charge on any atom is 0.387 e. The zero-order chi connectivity index (χ0) is 20.2. The van der Waals surface area contributed by atoms with Crippen LogP contribution in [0.5, 0.6) is 5.75 Å². The molecule has 1 aromatic carbocycles. The number of rotatable bonds is 5. The van der Waals surface area contributed by atoms with E-state index in [4.69, 9.17) is 0 Å². The maximum atomic E-state index is 13.0. The third-order valence-electron chi connectivity index (χ3n) is 4.75. The first-order valence-corrected chi connectivity index (χ1v) is 9.99. The Morgan fingerprint density at radius 1 is 1.14 bits per heavy atom. The predicted molar refractivity (Wildman–Crippen MR) is 107 cm³/mol. The molecule has 1 N–H and O–H groups in total. The number of halogens is 2. The number of carbonyl (C=O) groups is 1. The second-order valence-corrected chi connectivity index (χ2v) is 7.69. The molecule has 1 atom stereocenters. The average molecular weight is 415 g/mol. The first-order valence-electron chi connectivity index (χ1n) is 9.18. The first-order chi connectivity index (χ1) is 14.1. The molecule has 1 fully saturated rings. The van der Waals surface area contributed by atoms with Gasteiger partial charge in [-0.15, -0.1) is 11.3 Å². The Morgan fingerprint density at radius 2 is 1.90 bits per heavy atom. The molecule has 1 aliphatic heterocycles. The second kappa shape index (κ2) is 8.67. The average Bonchev–Trinajstić information content (AvgIpc) is 3.24. The molecule has 2 aromatic heterocycles. The molecule has 29 heavy (non-hydrogen) atoms. The lowest BCUT2D eigenvalue weighted by molar-refractivity contribution is -0.0498. The van der Waals surface area contributed by atoms with Gasteiger partial charge in [-0.05, 0) is 59.7 Å². The van der Waals surface area contributed by atoms with Crippen LogP contribution in [0.1, 0.15) is 21.3 Å². The quantitative estimate of drug-likeness (QED) is 0.679. The number of hydrogen-bond donors (Lipinski definition) is 1. The summed E-state index contributed by atoms with van der Waals surface area (Å²) in [5.41, 5.74) is 1.96. The molecule has 1 amide bonds. The van der Waals surface area contributed by atoms with Gasteiger partial charge in [-0.1, -0.05) is 0 Å². The summed E-state index contributed by atoms with van der Waals surface area (Å²) in [6.45, 7) is -0.882. The Bertz CT molecular complexity index is 964. The SMILES string of the molecule is O=C(c1ccc(-c2ccc(OC(F)F)cc2)s1)N1CCNC(c2ccncc2)C1. The molecule has 0 bridgehead atoms. The van der Waals surface area contributed by atoms with E-state index in [-0.39, 0.29) is 17.7 Å². The van der Waals surface area contributed by atoms with Gasteiger partial charge in [-0.2, -0.15) is 8.78 Å². The van der Waals surface area contributed by atoms with Crippen molar-refractivity contribution < 1.29 is 18.3 Å². The van der Waals surface area contributed by atoms with E-state index in [0.717, 1.165) is 22.5 Å². The number of aromatic nitrogens is 1. The summed E-state index contributed by atoms with van der Waals surface area (Å²) in [6.07, 6.45) is 3.50. The summed E-state index contributed by atoms with van der Waals surface area (Å²) in [5, 5.41) is 3.44. The normalized spacial score (nSPS) is 16.8. The van der Waals surface area contributed by atoms with Gasteiger partial charge in [0.05, 0.1) is 10.9 Å². The van der Waals surface area contributed by atoms with E-state index < -0.39 is 6.61 Å². The Balaban J connectivity index is 1.45. The summed E-state index contributed by atoms with van der Waals surface area (Å²) in [6, 6.07) is 14.1. The van der Waals surface area contributed by atoms with Gasteiger partial charge in [0.25, 0.3) is 5.91 Å². The molecule has 0 radical (unpaired) electrons. The highest BCUT2D eigenvalue weighted by Gasteiger charge is 2.26. The van der Waals surface area contributed by atoms with Crippen molar-refractivity contribution >= 4 is 17.2 Å². The summed E-state index contributed by atoms with van der Waals surface area (Å²) in [5.74, 6) is 0.110. The van der Waals surface area contributed by atoms with Gasteiger partial charge in [0.15, 0.2) is 0 Å². The van der Waals surface area contributed by atoms with Crippen LogP contribution < -0.4 is 10.1 Å². The Labute approximate surface area is 171 Å². The largest absolute Gasteiger partial charge is 0.435 e. The number of nitrogens with one attached hydrogen (secondary N) is 1. The molecule has 5 nitrogen and oxygen atoms in total. The molecule has 0 aliphatic carbocycles. The van der Waals surface area contributed by atoms with Crippen molar-refractivity contribution in [2.75, 3.05) is 19.6 Å². The number of carbonyl (C=O) groups excluding carboxylic acids is 1. The zero-order valence-corrected chi connectivity index (χ0v) is 16.2. The van der Waals surface area contributed by atoms with Gasteiger partial charge in [0, 0.05) is 36.9 Å². The highest BCUT2D eigenvalue weighted by molar-refractivity contribution is 7.17. The highest BCUT2D eigenvalue weighted by Crippen LogP contribution is 2.31. The van der Waals surface area contributed by atoms with Crippen LogP contribution in [0.15, 0.2) is 60.9 Å². The van der Waals surface area contributed by atoms with Crippen molar-refractivity contribution in [3.05, 3.63) is 71.4 Å². The van der Waals surface area contributed by atoms with Gasteiger partial charge in [-0.3, -0.25) is 9.78 Å². The van der Waals surface area contributed by atoms with Crippen molar-refractivity contribution in [3.63, 3.8) is 0 Å². The molecule has 0 saturated carbocycles. The van der Waals surface area contributed by atoms with Crippen LogP contribution in [0.3, 0.4) is 0 Å². The Hall–Kier alpha value is -2.84. The van der Waals surface area contributed by atoms with E-state index in [0.29, 0.717) is 18.0 Å². The van der Waals surface area contributed by atoms with Crippen LogP contribution in [0, 0.1) is 0 Å². The van der Waals surface area contributed by atoms with Crippen molar-refractivity contribution in [1.29, 1.82) is 0 Å². The maximum absolute atomic E-state index is 13.0. The van der Waals surface area contributed by atoms with Crippen LogP contribution in [-0.4, -0.2) is 42.0 Å². The number of alkyl halides is 2. The van der Waals surface area contributed by atoms with Crippen LogP contribution in [0.4, 0.5) is 8.78 Å².